The molecule has 260 valence electrons. The van der Waals surface area contributed by atoms with Gasteiger partial charge >= 0.3 is 0 Å². The summed E-state index contributed by atoms with van der Waals surface area (Å²) >= 11 is 0. The van der Waals surface area contributed by atoms with Gasteiger partial charge in [-0.25, -0.2) is 0 Å². The zero-order valence-corrected chi connectivity index (χ0v) is 26.5. The van der Waals surface area contributed by atoms with Crippen molar-refractivity contribution in [3.63, 3.8) is 0 Å². The normalized spacial score (nSPS) is 47.9. The van der Waals surface area contributed by atoms with Crippen molar-refractivity contribution in [2.24, 2.45) is 22.7 Å². The van der Waals surface area contributed by atoms with Gasteiger partial charge in [-0.15, -0.1) is 0 Å². The molecule has 9 N–H and O–H groups in total. The highest BCUT2D eigenvalue weighted by atomic mass is 16.7. The van der Waals surface area contributed by atoms with Gasteiger partial charge in [0.05, 0.1) is 32.5 Å². The van der Waals surface area contributed by atoms with E-state index in [1.54, 1.807) is 0 Å². The Bertz CT molecular complexity index is 1020. The van der Waals surface area contributed by atoms with Crippen LogP contribution >= 0.6 is 0 Å². The highest BCUT2D eigenvalue weighted by molar-refractivity contribution is 5.18. The molecule has 0 aromatic carbocycles. The van der Waals surface area contributed by atoms with E-state index in [-0.39, 0.29) is 30.5 Å². The van der Waals surface area contributed by atoms with Crippen LogP contribution in [0.2, 0.25) is 0 Å². The van der Waals surface area contributed by atoms with E-state index in [0.717, 1.165) is 43.3 Å². The van der Waals surface area contributed by atoms with Gasteiger partial charge in [-0.2, -0.15) is 0 Å². The van der Waals surface area contributed by atoms with Crippen molar-refractivity contribution in [3.8, 4) is 0 Å². The van der Waals surface area contributed by atoms with Gasteiger partial charge in [0.15, 0.2) is 12.6 Å². The first-order valence-corrected chi connectivity index (χ1v) is 16.0. The monoisotopic (exact) mass is 646 g/mol. The van der Waals surface area contributed by atoms with Gasteiger partial charge in [-0.05, 0) is 62.7 Å². The van der Waals surface area contributed by atoms with Gasteiger partial charge in [0.2, 0.25) is 0 Å². The van der Waals surface area contributed by atoms with E-state index in [0.29, 0.717) is 6.42 Å². The van der Waals surface area contributed by atoms with E-state index in [1.165, 1.54) is 0 Å². The Morgan fingerprint density at radius 1 is 0.844 bits per heavy atom. The van der Waals surface area contributed by atoms with Crippen LogP contribution in [0.25, 0.3) is 0 Å². The maximum Gasteiger partial charge on any atom is 0.187 e. The SMILES string of the molecule is C=C1CCC2[C@@](C)(CO[C@@H]3O[C@H](CO)[C@@H](O)[C@H](O)[C@H]3O)[C@H](O)CC[C@@]2(C)[C@@H]1CC/C(C)=C/CO[C@@H]1O[C@H](CO)[C@@H](O)[C@H](O)[C@H]1O. The van der Waals surface area contributed by atoms with Crippen molar-refractivity contribution in [1.82, 2.24) is 0 Å². The highest BCUT2D eigenvalue weighted by Gasteiger charge is 2.58. The molecule has 2 saturated carbocycles. The maximum atomic E-state index is 11.3. The number of hydrogen-bond donors (Lipinski definition) is 9. The van der Waals surface area contributed by atoms with E-state index < -0.39 is 86.1 Å². The van der Waals surface area contributed by atoms with Crippen molar-refractivity contribution < 1.29 is 64.9 Å². The summed E-state index contributed by atoms with van der Waals surface area (Å²) in [7, 11) is 0. The number of fused-ring (bicyclic) bond motifs is 1. The summed E-state index contributed by atoms with van der Waals surface area (Å²) in [6, 6.07) is 0. The fourth-order valence-electron chi connectivity index (χ4n) is 8.15. The molecule has 45 heavy (non-hydrogen) atoms. The summed E-state index contributed by atoms with van der Waals surface area (Å²) < 4.78 is 22.6. The Labute approximate surface area is 264 Å². The Hall–Kier alpha value is -1.04. The molecule has 1 unspecified atom stereocenters. The lowest BCUT2D eigenvalue weighted by molar-refractivity contribution is -0.313. The second-order valence-electron chi connectivity index (χ2n) is 14.0. The number of aliphatic hydroxyl groups is 9. The molecule has 13 nitrogen and oxygen atoms in total. The van der Waals surface area contributed by atoms with Gasteiger partial charge in [0, 0.05) is 5.41 Å². The Balaban J connectivity index is 1.39. The molecular weight excluding hydrogens is 592 g/mol. The zero-order valence-electron chi connectivity index (χ0n) is 26.5. The molecule has 15 atom stereocenters. The van der Waals surface area contributed by atoms with Crippen molar-refractivity contribution in [3.05, 3.63) is 23.8 Å². The minimum absolute atomic E-state index is 0.0462. The summed E-state index contributed by atoms with van der Waals surface area (Å²) in [5.74, 6) is 0.206. The molecule has 0 amide bonds. The number of ether oxygens (including phenoxy) is 4. The third-order valence-corrected chi connectivity index (χ3v) is 11.1. The Kier molecular flexibility index (Phi) is 12.3. The molecule has 13 heteroatoms. The second kappa shape index (κ2) is 15.0. The zero-order chi connectivity index (χ0) is 33.3. The molecule has 4 rings (SSSR count). The predicted octanol–water partition coefficient (Wildman–Crippen LogP) is -0.904. The summed E-state index contributed by atoms with van der Waals surface area (Å²) in [6.45, 7) is 9.69. The summed E-state index contributed by atoms with van der Waals surface area (Å²) in [4.78, 5) is 0. The molecule has 0 aromatic heterocycles. The number of aliphatic hydroxyl groups excluding tert-OH is 9. The van der Waals surface area contributed by atoms with Crippen LogP contribution in [0.1, 0.15) is 59.3 Å². The van der Waals surface area contributed by atoms with Gasteiger partial charge in [-0.3, -0.25) is 0 Å². The Morgan fingerprint density at radius 3 is 1.96 bits per heavy atom. The van der Waals surface area contributed by atoms with Crippen LogP contribution < -0.4 is 0 Å². The first kappa shape index (κ1) is 36.8. The van der Waals surface area contributed by atoms with Crippen LogP contribution in [0, 0.1) is 22.7 Å². The van der Waals surface area contributed by atoms with Crippen molar-refractivity contribution in [1.29, 1.82) is 0 Å². The van der Waals surface area contributed by atoms with E-state index in [2.05, 4.69) is 13.5 Å². The average Bonchev–Trinajstić information content (AvgIpc) is 3.01. The topological polar surface area (TPSA) is 219 Å². The minimum Gasteiger partial charge on any atom is -0.394 e. The van der Waals surface area contributed by atoms with Gasteiger partial charge in [-0.1, -0.05) is 37.6 Å². The van der Waals surface area contributed by atoms with Gasteiger partial charge in [0.1, 0.15) is 48.8 Å². The second-order valence-corrected chi connectivity index (χ2v) is 14.0. The van der Waals surface area contributed by atoms with E-state index in [4.69, 9.17) is 18.9 Å². The van der Waals surface area contributed by atoms with Crippen LogP contribution in [0.5, 0.6) is 0 Å². The third kappa shape index (κ3) is 7.36. The standard InChI is InChI=1S/C32H54O13/c1-16(10-12-42-29-27(40)25(38)23(36)19(13-33)44-29)5-7-18-17(2)6-8-21-31(18,3)11-9-22(35)32(21,4)15-43-30-28(41)26(39)24(37)20(14-34)45-30/h10,18-30,33-41H,2,5-9,11-15H2,1,3-4H3/b16-10+/t18-,19-,20-,21?,22-,23-,24-,25+,26+,27-,28-,29-,30-,31+,32-/m1/s1. The van der Waals surface area contributed by atoms with E-state index in [9.17, 15) is 46.0 Å². The quantitative estimate of drug-likeness (QED) is 0.124. The molecule has 2 saturated heterocycles. The van der Waals surface area contributed by atoms with Crippen LogP contribution in [-0.2, 0) is 18.9 Å². The van der Waals surface area contributed by atoms with Crippen molar-refractivity contribution >= 4 is 0 Å². The van der Waals surface area contributed by atoms with Crippen molar-refractivity contribution in [2.45, 2.75) is 127 Å². The highest BCUT2D eigenvalue weighted by Crippen LogP contribution is 2.62. The Morgan fingerprint density at radius 2 is 1.40 bits per heavy atom. The first-order valence-electron chi connectivity index (χ1n) is 16.0. The molecule has 0 bridgehead atoms. The lowest BCUT2D eigenvalue weighted by Crippen LogP contribution is -2.61. The van der Waals surface area contributed by atoms with Crippen LogP contribution in [0.15, 0.2) is 23.8 Å². The average molecular weight is 647 g/mol. The lowest BCUT2D eigenvalue weighted by Gasteiger charge is -2.60. The van der Waals surface area contributed by atoms with E-state index in [1.807, 2.05) is 19.9 Å². The molecular formula is C32H54O13. The molecule has 2 aliphatic carbocycles. The molecule has 4 fully saturated rings. The first-order chi connectivity index (χ1) is 21.2. The molecule has 0 aromatic rings. The van der Waals surface area contributed by atoms with Gasteiger partial charge in [0.25, 0.3) is 0 Å². The largest absolute Gasteiger partial charge is 0.394 e. The molecule has 0 radical (unpaired) electrons. The maximum absolute atomic E-state index is 11.3. The van der Waals surface area contributed by atoms with Crippen molar-refractivity contribution in [2.75, 3.05) is 26.4 Å². The summed E-state index contributed by atoms with van der Waals surface area (Å²) in [5.41, 5.74) is 1.31. The van der Waals surface area contributed by atoms with Crippen LogP contribution in [-0.4, -0.2) is 140 Å². The molecule has 2 aliphatic heterocycles. The van der Waals surface area contributed by atoms with Crippen LogP contribution in [0.3, 0.4) is 0 Å². The van der Waals surface area contributed by atoms with Crippen LogP contribution in [0.4, 0.5) is 0 Å². The smallest absolute Gasteiger partial charge is 0.187 e. The summed E-state index contributed by atoms with van der Waals surface area (Å²) in [5, 5.41) is 91.2. The number of hydrogen-bond acceptors (Lipinski definition) is 13. The predicted molar refractivity (Wildman–Crippen MR) is 159 cm³/mol. The molecule has 4 aliphatic rings. The third-order valence-electron chi connectivity index (χ3n) is 11.1. The minimum atomic E-state index is -1.54. The fourth-order valence-corrected chi connectivity index (χ4v) is 8.15. The molecule has 2 heterocycles. The van der Waals surface area contributed by atoms with Gasteiger partial charge < -0.3 is 64.9 Å². The number of rotatable bonds is 11. The molecule has 0 spiro atoms. The fraction of sp³-hybridized carbons (Fsp3) is 0.875. The van der Waals surface area contributed by atoms with E-state index >= 15 is 0 Å². The lowest BCUT2D eigenvalue weighted by atomic mass is 9.46. The number of allylic oxidation sites excluding steroid dienone is 2. The summed E-state index contributed by atoms with van der Waals surface area (Å²) in [6.07, 6.45) is -7.84.